The molecular formula is C17H26N4O2. The van der Waals surface area contributed by atoms with Gasteiger partial charge in [0.15, 0.2) is 0 Å². The Labute approximate surface area is 137 Å². The molecule has 1 aromatic rings. The smallest absolute Gasteiger partial charge is 0.252 e. The number of amides is 2. The lowest BCUT2D eigenvalue weighted by Crippen LogP contribution is -2.40. The number of hydrogen-bond acceptors (Lipinski definition) is 4. The van der Waals surface area contributed by atoms with Crippen LogP contribution in [0.3, 0.4) is 0 Å². The third-order valence-electron chi connectivity index (χ3n) is 4.59. The van der Waals surface area contributed by atoms with Crippen molar-refractivity contribution in [3.05, 3.63) is 23.9 Å². The van der Waals surface area contributed by atoms with Crippen LogP contribution in [0.4, 0.5) is 5.82 Å². The molecule has 2 heterocycles. The molecule has 1 aliphatic rings. The molecule has 3 N–H and O–H groups in total. The van der Waals surface area contributed by atoms with Crippen molar-refractivity contribution in [2.24, 2.45) is 17.6 Å². The van der Waals surface area contributed by atoms with Crippen LogP contribution >= 0.6 is 0 Å². The second kappa shape index (κ2) is 7.94. The van der Waals surface area contributed by atoms with E-state index in [2.05, 4.69) is 15.2 Å². The maximum absolute atomic E-state index is 11.8. The molecule has 6 nitrogen and oxygen atoms in total. The highest BCUT2D eigenvalue weighted by Gasteiger charge is 2.23. The topological polar surface area (TPSA) is 88.3 Å². The molecule has 1 aromatic heterocycles. The Kier molecular flexibility index (Phi) is 5.96. The molecule has 2 amide bonds. The van der Waals surface area contributed by atoms with E-state index in [0.29, 0.717) is 17.3 Å². The Morgan fingerprint density at radius 1 is 1.43 bits per heavy atom. The van der Waals surface area contributed by atoms with Gasteiger partial charge in [-0.3, -0.25) is 9.59 Å². The summed E-state index contributed by atoms with van der Waals surface area (Å²) in [5.41, 5.74) is 5.89. The highest BCUT2D eigenvalue weighted by Crippen LogP contribution is 2.24. The Balaban J connectivity index is 1.87. The molecule has 0 spiro atoms. The molecule has 6 heteroatoms. The van der Waals surface area contributed by atoms with Gasteiger partial charge in [-0.05, 0) is 37.3 Å². The predicted octanol–water partition coefficient (Wildman–Crippen LogP) is 1.56. The normalized spacial score (nSPS) is 16.9. The minimum Gasteiger partial charge on any atom is -0.365 e. The number of carbonyl (C=O) groups excluding carboxylic acids is 2. The second-order valence-electron chi connectivity index (χ2n) is 6.22. The average Bonchev–Trinajstić information content (AvgIpc) is 2.59. The van der Waals surface area contributed by atoms with Crippen LogP contribution in [0.5, 0.6) is 0 Å². The maximum Gasteiger partial charge on any atom is 0.252 e. The van der Waals surface area contributed by atoms with E-state index in [4.69, 9.17) is 5.73 Å². The van der Waals surface area contributed by atoms with Gasteiger partial charge >= 0.3 is 0 Å². The number of nitrogens with zero attached hydrogens (tertiary/aromatic N) is 2. The molecule has 1 saturated heterocycles. The highest BCUT2D eigenvalue weighted by molar-refractivity contribution is 5.97. The Hall–Kier alpha value is -2.11. The first-order valence-electron chi connectivity index (χ1n) is 8.30. The molecule has 0 aromatic carbocycles. The molecule has 126 valence electrons. The summed E-state index contributed by atoms with van der Waals surface area (Å²) in [5, 5.41) is 3.04. The van der Waals surface area contributed by atoms with Crippen molar-refractivity contribution in [2.75, 3.05) is 24.5 Å². The summed E-state index contributed by atoms with van der Waals surface area (Å²) < 4.78 is 0. The standard InChI is InChI=1S/C17H26N4O2/c1-3-12(2)17(23)20-11-13-6-9-21(10-7-13)16-14(15(18)22)5-4-8-19-16/h4-5,8,12-13H,3,6-7,9-11H2,1-2H3,(H2,18,22)(H,20,23)/t12-/m1/s1. The van der Waals surface area contributed by atoms with E-state index in [9.17, 15) is 9.59 Å². The van der Waals surface area contributed by atoms with E-state index in [1.165, 1.54) is 0 Å². The number of nitrogens with two attached hydrogens (primary N) is 1. The van der Waals surface area contributed by atoms with Crippen molar-refractivity contribution in [1.29, 1.82) is 0 Å². The largest absolute Gasteiger partial charge is 0.365 e. The third kappa shape index (κ3) is 4.43. The van der Waals surface area contributed by atoms with Crippen molar-refractivity contribution < 1.29 is 9.59 Å². The Morgan fingerprint density at radius 2 is 2.13 bits per heavy atom. The highest BCUT2D eigenvalue weighted by atomic mass is 16.2. The molecule has 2 rings (SSSR count). The van der Waals surface area contributed by atoms with Crippen LogP contribution in [0.2, 0.25) is 0 Å². The number of hydrogen-bond donors (Lipinski definition) is 2. The average molecular weight is 318 g/mol. The molecule has 1 fully saturated rings. The van der Waals surface area contributed by atoms with Gasteiger partial charge in [0.05, 0.1) is 5.56 Å². The van der Waals surface area contributed by atoms with Crippen LogP contribution in [0.1, 0.15) is 43.5 Å². The second-order valence-corrected chi connectivity index (χ2v) is 6.22. The first-order valence-corrected chi connectivity index (χ1v) is 8.30. The lowest BCUT2D eigenvalue weighted by Gasteiger charge is -2.33. The number of rotatable bonds is 6. The van der Waals surface area contributed by atoms with Crippen molar-refractivity contribution in [1.82, 2.24) is 10.3 Å². The van der Waals surface area contributed by atoms with Gasteiger partial charge in [0.25, 0.3) is 5.91 Å². The van der Waals surface area contributed by atoms with Crippen molar-refractivity contribution in [3.8, 4) is 0 Å². The van der Waals surface area contributed by atoms with Gasteiger partial charge in [0.1, 0.15) is 5.82 Å². The fourth-order valence-corrected chi connectivity index (χ4v) is 2.79. The van der Waals surface area contributed by atoms with Crippen molar-refractivity contribution in [3.63, 3.8) is 0 Å². The number of pyridine rings is 1. The van der Waals surface area contributed by atoms with Gasteiger partial charge in [-0.2, -0.15) is 0 Å². The molecule has 23 heavy (non-hydrogen) atoms. The van der Waals surface area contributed by atoms with Crippen molar-refractivity contribution in [2.45, 2.75) is 33.1 Å². The number of piperidine rings is 1. The molecule has 0 aliphatic carbocycles. The van der Waals surface area contributed by atoms with E-state index >= 15 is 0 Å². The van der Waals surface area contributed by atoms with E-state index in [1.54, 1.807) is 18.3 Å². The van der Waals surface area contributed by atoms with Crippen molar-refractivity contribution >= 4 is 17.6 Å². The first-order chi connectivity index (χ1) is 11.0. The number of primary amides is 1. The SMILES string of the molecule is CC[C@@H](C)C(=O)NCC1CCN(c2ncccc2C(N)=O)CC1. The molecule has 1 atom stereocenters. The predicted molar refractivity (Wildman–Crippen MR) is 90.2 cm³/mol. The zero-order valence-electron chi connectivity index (χ0n) is 13.9. The lowest BCUT2D eigenvalue weighted by molar-refractivity contribution is -0.124. The Bertz CT molecular complexity index is 553. The summed E-state index contributed by atoms with van der Waals surface area (Å²) in [4.78, 5) is 29.8. The van der Waals surface area contributed by atoms with Gasteiger partial charge in [-0.15, -0.1) is 0 Å². The summed E-state index contributed by atoms with van der Waals surface area (Å²) in [7, 11) is 0. The number of anilines is 1. The van der Waals surface area contributed by atoms with E-state index in [-0.39, 0.29) is 11.8 Å². The van der Waals surface area contributed by atoms with Crippen LogP contribution in [0.15, 0.2) is 18.3 Å². The lowest BCUT2D eigenvalue weighted by atomic mass is 9.96. The summed E-state index contributed by atoms with van der Waals surface area (Å²) in [5.74, 6) is 0.899. The van der Waals surface area contributed by atoms with Crippen LogP contribution < -0.4 is 16.0 Å². The van der Waals surface area contributed by atoms with Gasteiger partial charge < -0.3 is 16.0 Å². The summed E-state index contributed by atoms with van der Waals surface area (Å²) in [6.07, 6.45) is 4.48. The first kappa shape index (κ1) is 17.2. The zero-order chi connectivity index (χ0) is 16.8. The summed E-state index contributed by atoms with van der Waals surface area (Å²) >= 11 is 0. The summed E-state index contributed by atoms with van der Waals surface area (Å²) in [6.45, 7) is 6.33. The third-order valence-corrected chi connectivity index (χ3v) is 4.59. The monoisotopic (exact) mass is 318 g/mol. The van der Waals surface area contributed by atoms with E-state index in [0.717, 1.165) is 38.9 Å². The fourth-order valence-electron chi connectivity index (χ4n) is 2.79. The van der Waals surface area contributed by atoms with Gasteiger partial charge in [-0.1, -0.05) is 13.8 Å². The van der Waals surface area contributed by atoms with E-state index in [1.807, 2.05) is 13.8 Å². The van der Waals surface area contributed by atoms with Gasteiger partial charge in [0, 0.05) is 31.7 Å². The van der Waals surface area contributed by atoms with Crippen LogP contribution in [0, 0.1) is 11.8 Å². The minimum atomic E-state index is -0.448. The maximum atomic E-state index is 11.8. The molecule has 0 radical (unpaired) electrons. The molecule has 0 saturated carbocycles. The van der Waals surface area contributed by atoms with Gasteiger partial charge in [-0.25, -0.2) is 4.98 Å². The van der Waals surface area contributed by atoms with Crippen LogP contribution in [0.25, 0.3) is 0 Å². The zero-order valence-corrected chi connectivity index (χ0v) is 13.9. The molecular weight excluding hydrogens is 292 g/mol. The molecule has 0 unspecified atom stereocenters. The quantitative estimate of drug-likeness (QED) is 0.833. The molecule has 0 bridgehead atoms. The number of nitrogens with one attached hydrogen (secondary N) is 1. The fraction of sp³-hybridized carbons (Fsp3) is 0.588. The van der Waals surface area contributed by atoms with E-state index < -0.39 is 5.91 Å². The van der Waals surface area contributed by atoms with Crippen LogP contribution in [-0.2, 0) is 4.79 Å². The number of carbonyl (C=O) groups is 2. The minimum absolute atomic E-state index is 0.0710. The number of aromatic nitrogens is 1. The molecule has 1 aliphatic heterocycles. The Morgan fingerprint density at radius 3 is 2.74 bits per heavy atom. The summed E-state index contributed by atoms with van der Waals surface area (Å²) in [6, 6.07) is 3.43. The van der Waals surface area contributed by atoms with Gasteiger partial charge in [0.2, 0.25) is 5.91 Å². The van der Waals surface area contributed by atoms with Crippen LogP contribution in [-0.4, -0.2) is 36.4 Å².